The van der Waals surface area contributed by atoms with E-state index in [1.165, 1.54) is 18.2 Å². The van der Waals surface area contributed by atoms with Crippen LogP contribution >= 0.6 is 23.4 Å². The van der Waals surface area contributed by atoms with Gasteiger partial charge in [0.25, 0.3) is 5.56 Å². The molecule has 11 heteroatoms. The summed E-state index contributed by atoms with van der Waals surface area (Å²) >= 11 is 6.61. The zero-order valence-electron chi connectivity index (χ0n) is 15.5. The number of nitrogens with zero attached hydrogens (tertiary/aromatic N) is 1. The Hall–Kier alpha value is -3.11. The molecule has 160 valence electrons. The Morgan fingerprint density at radius 2 is 1.81 bits per heavy atom. The molecule has 0 spiro atoms. The van der Waals surface area contributed by atoms with Crippen molar-refractivity contribution in [3.05, 3.63) is 86.8 Å². The standard InChI is InChI=1S/C20H13ClF3N3O3S/c21-12-6-7-14(13(8-12)18(30)11-4-2-1-3-5-11)25-17(29)10-31-19-26-15(20(22,23)24)9-16(28)27-19/h1-9H,10H2,(H,25,29)(H,26,27,28). The summed E-state index contributed by atoms with van der Waals surface area (Å²) in [5.74, 6) is -1.34. The molecule has 2 aromatic carbocycles. The number of nitrogens with one attached hydrogen (secondary N) is 2. The monoisotopic (exact) mass is 467 g/mol. The van der Waals surface area contributed by atoms with Gasteiger partial charge in [0.1, 0.15) is 0 Å². The van der Waals surface area contributed by atoms with Crippen molar-refractivity contribution < 1.29 is 22.8 Å². The summed E-state index contributed by atoms with van der Waals surface area (Å²) in [6.07, 6.45) is -4.79. The van der Waals surface area contributed by atoms with Crippen LogP contribution in [0.3, 0.4) is 0 Å². The molecule has 1 heterocycles. The van der Waals surface area contributed by atoms with E-state index in [1.807, 2.05) is 0 Å². The maximum Gasteiger partial charge on any atom is 0.433 e. The van der Waals surface area contributed by atoms with E-state index >= 15 is 0 Å². The van der Waals surface area contributed by atoms with Gasteiger partial charge >= 0.3 is 6.18 Å². The van der Waals surface area contributed by atoms with Crippen molar-refractivity contribution in [1.82, 2.24) is 9.97 Å². The van der Waals surface area contributed by atoms with Gasteiger partial charge in [0.2, 0.25) is 5.91 Å². The van der Waals surface area contributed by atoms with E-state index in [-0.39, 0.29) is 33.0 Å². The summed E-state index contributed by atoms with van der Waals surface area (Å²) < 4.78 is 38.3. The molecule has 0 bridgehead atoms. The van der Waals surface area contributed by atoms with E-state index in [0.717, 1.165) is 0 Å². The summed E-state index contributed by atoms with van der Waals surface area (Å²) in [6.45, 7) is 0. The van der Waals surface area contributed by atoms with Crippen molar-refractivity contribution >= 4 is 40.7 Å². The van der Waals surface area contributed by atoms with Crippen LogP contribution in [-0.2, 0) is 11.0 Å². The molecule has 31 heavy (non-hydrogen) atoms. The molecule has 2 N–H and O–H groups in total. The van der Waals surface area contributed by atoms with Crippen LogP contribution in [-0.4, -0.2) is 27.4 Å². The average Bonchev–Trinajstić information content (AvgIpc) is 2.72. The summed E-state index contributed by atoms with van der Waals surface area (Å²) in [7, 11) is 0. The first-order valence-electron chi connectivity index (χ1n) is 8.64. The SMILES string of the molecule is O=C(CSc1nc(C(F)(F)F)cc(=O)[nH]1)Nc1ccc(Cl)cc1C(=O)c1ccccc1. The molecule has 0 atom stereocenters. The van der Waals surface area contributed by atoms with E-state index < -0.39 is 23.3 Å². The lowest BCUT2D eigenvalue weighted by Crippen LogP contribution is -2.19. The minimum absolute atomic E-state index is 0.155. The van der Waals surface area contributed by atoms with Crippen LogP contribution in [0, 0.1) is 0 Å². The van der Waals surface area contributed by atoms with Gasteiger partial charge in [-0.15, -0.1) is 0 Å². The number of hydrogen-bond acceptors (Lipinski definition) is 5. The van der Waals surface area contributed by atoms with Crippen molar-refractivity contribution in [2.45, 2.75) is 11.3 Å². The number of rotatable bonds is 6. The predicted molar refractivity (Wildman–Crippen MR) is 111 cm³/mol. The lowest BCUT2D eigenvalue weighted by molar-refractivity contribution is -0.141. The first-order chi connectivity index (χ1) is 14.6. The van der Waals surface area contributed by atoms with Crippen molar-refractivity contribution in [1.29, 1.82) is 0 Å². The maximum absolute atomic E-state index is 12.8. The number of anilines is 1. The van der Waals surface area contributed by atoms with Crippen molar-refractivity contribution in [3.63, 3.8) is 0 Å². The molecule has 1 amide bonds. The van der Waals surface area contributed by atoms with Gasteiger partial charge in [-0.3, -0.25) is 14.4 Å². The number of H-pyrrole nitrogens is 1. The fourth-order valence-electron chi connectivity index (χ4n) is 2.53. The third-order valence-electron chi connectivity index (χ3n) is 3.89. The molecule has 0 unspecified atom stereocenters. The molecule has 0 aliphatic heterocycles. The van der Waals surface area contributed by atoms with E-state index in [2.05, 4.69) is 15.3 Å². The van der Waals surface area contributed by atoms with E-state index in [4.69, 9.17) is 11.6 Å². The van der Waals surface area contributed by atoms with Gasteiger partial charge in [0.05, 0.1) is 11.4 Å². The molecular weight excluding hydrogens is 455 g/mol. The molecule has 3 aromatic rings. The smallest absolute Gasteiger partial charge is 0.325 e. The number of ketones is 1. The Labute approximate surface area is 182 Å². The van der Waals surface area contributed by atoms with Gasteiger partial charge < -0.3 is 10.3 Å². The lowest BCUT2D eigenvalue weighted by Gasteiger charge is -2.11. The van der Waals surface area contributed by atoms with Gasteiger partial charge in [0.15, 0.2) is 16.6 Å². The summed E-state index contributed by atoms with van der Waals surface area (Å²) in [5.41, 5.74) is -1.61. The second-order valence-corrected chi connectivity index (χ2v) is 7.56. The zero-order valence-corrected chi connectivity index (χ0v) is 17.1. The molecule has 0 saturated carbocycles. The normalized spacial score (nSPS) is 11.2. The number of hydrogen-bond donors (Lipinski definition) is 2. The number of amides is 1. The van der Waals surface area contributed by atoms with Crippen LogP contribution in [0.4, 0.5) is 18.9 Å². The number of alkyl halides is 3. The predicted octanol–water partition coefficient (Wildman–Crippen LogP) is 4.40. The van der Waals surface area contributed by atoms with Gasteiger partial charge in [0, 0.05) is 22.2 Å². The van der Waals surface area contributed by atoms with E-state index in [1.54, 1.807) is 30.3 Å². The van der Waals surface area contributed by atoms with Crippen molar-refractivity contribution in [2.24, 2.45) is 0 Å². The fraction of sp³-hybridized carbons (Fsp3) is 0.100. The molecule has 0 radical (unpaired) electrons. The van der Waals surface area contributed by atoms with Crippen molar-refractivity contribution in [2.75, 3.05) is 11.1 Å². The Kier molecular flexibility index (Phi) is 6.81. The molecule has 6 nitrogen and oxygen atoms in total. The van der Waals surface area contributed by atoms with Crippen molar-refractivity contribution in [3.8, 4) is 0 Å². The van der Waals surface area contributed by atoms with Crippen LogP contribution in [0.15, 0.2) is 64.5 Å². The van der Waals surface area contributed by atoms with Crippen LogP contribution in [0.5, 0.6) is 0 Å². The number of carbonyl (C=O) groups is 2. The lowest BCUT2D eigenvalue weighted by atomic mass is 10.0. The minimum Gasteiger partial charge on any atom is -0.325 e. The molecule has 1 aromatic heterocycles. The zero-order chi connectivity index (χ0) is 22.6. The largest absolute Gasteiger partial charge is 0.433 e. The van der Waals surface area contributed by atoms with Gasteiger partial charge in [-0.25, -0.2) is 4.98 Å². The summed E-state index contributed by atoms with van der Waals surface area (Å²) in [6, 6.07) is 13.0. The Balaban J connectivity index is 1.75. The van der Waals surface area contributed by atoms with Crippen LogP contribution in [0.1, 0.15) is 21.6 Å². The Bertz CT molecular complexity index is 1180. The molecule has 0 saturated heterocycles. The number of benzene rings is 2. The topological polar surface area (TPSA) is 91.9 Å². The van der Waals surface area contributed by atoms with Gasteiger partial charge in [-0.05, 0) is 18.2 Å². The number of aromatic nitrogens is 2. The second-order valence-electron chi connectivity index (χ2n) is 6.16. The Morgan fingerprint density at radius 1 is 1.10 bits per heavy atom. The number of halogens is 4. The Morgan fingerprint density at radius 3 is 2.48 bits per heavy atom. The third-order valence-corrected chi connectivity index (χ3v) is 5.00. The maximum atomic E-state index is 12.8. The average molecular weight is 468 g/mol. The van der Waals surface area contributed by atoms with Crippen LogP contribution < -0.4 is 10.9 Å². The minimum atomic E-state index is -4.79. The first kappa shape index (κ1) is 22.6. The quantitative estimate of drug-likeness (QED) is 0.318. The van der Waals surface area contributed by atoms with Crippen LogP contribution in [0.2, 0.25) is 5.02 Å². The fourth-order valence-corrected chi connectivity index (χ4v) is 3.38. The van der Waals surface area contributed by atoms with Crippen LogP contribution in [0.25, 0.3) is 0 Å². The highest BCUT2D eigenvalue weighted by molar-refractivity contribution is 7.99. The molecule has 0 fully saturated rings. The summed E-state index contributed by atoms with van der Waals surface area (Å²) in [4.78, 5) is 42.0. The highest BCUT2D eigenvalue weighted by Gasteiger charge is 2.33. The first-order valence-corrected chi connectivity index (χ1v) is 10.0. The number of carbonyl (C=O) groups excluding carboxylic acids is 2. The van der Waals surface area contributed by atoms with E-state index in [0.29, 0.717) is 23.4 Å². The number of aromatic amines is 1. The van der Waals surface area contributed by atoms with E-state index in [9.17, 15) is 27.6 Å². The van der Waals surface area contributed by atoms with Gasteiger partial charge in [-0.1, -0.05) is 53.7 Å². The number of thioether (sulfide) groups is 1. The highest BCUT2D eigenvalue weighted by Crippen LogP contribution is 2.28. The molecule has 3 rings (SSSR count). The molecular formula is C20H13ClF3N3O3S. The molecule has 0 aliphatic rings. The second kappa shape index (κ2) is 9.36. The molecule has 0 aliphatic carbocycles. The van der Waals surface area contributed by atoms with Gasteiger partial charge in [-0.2, -0.15) is 13.2 Å². The highest BCUT2D eigenvalue weighted by atomic mass is 35.5. The summed E-state index contributed by atoms with van der Waals surface area (Å²) in [5, 5.41) is 2.47. The third kappa shape index (κ3) is 5.96.